The van der Waals surface area contributed by atoms with Gasteiger partial charge >= 0.3 is 0 Å². The van der Waals surface area contributed by atoms with E-state index in [-0.39, 0.29) is 0 Å². The van der Waals surface area contributed by atoms with E-state index in [2.05, 4.69) is 41.5 Å². The minimum Gasteiger partial charge on any atom is -0.497 e. The molecule has 0 spiro atoms. The van der Waals surface area contributed by atoms with Gasteiger partial charge in [-0.05, 0) is 43.9 Å². The molecule has 4 aromatic rings. The maximum atomic E-state index is 5.26. The molecule has 0 aliphatic rings. The first-order valence-corrected chi connectivity index (χ1v) is 8.97. The zero-order valence-corrected chi connectivity index (χ0v) is 15.8. The molecule has 0 saturated carbocycles. The molecule has 0 fully saturated rings. The lowest BCUT2D eigenvalue weighted by Gasteiger charge is -2.13. The fourth-order valence-electron chi connectivity index (χ4n) is 3.16. The Hall–Kier alpha value is -3.12. The number of nitrogens with one attached hydrogen (secondary N) is 1. The van der Waals surface area contributed by atoms with E-state index in [1.165, 1.54) is 0 Å². The Morgan fingerprint density at radius 2 is 1.85 bits per heavy atom. The number of anilines is 1. The van der Waals surface area contributed by atoms with Crippen LogP contribution < -0.4 is 10.1 Å². The summed E-state index contributed by atoms with van der Waals surface area (Å²) in [7, 11) is 5.80. The van der Waals surface area contributed by atoms with Crippen LogP contribution in [0.2, 0.25) is 0 Å². The highest BCUT2D eigenvalue weighted by Crippen LogP contribution is 2.30. The van der Waals surface area contributed by atoms with Gasteiger partial charge in [0.15, 0.2) is 5.65 Å². The summed E-state index contributed by atoms with van der Waals surface area (Å²) in [5.41, 5.74) is 3.94. The van der Waals surface area contributed by atoms with E-state index in [4.69, 9.17) is 9.72 Å². The Labute approximate surface area is 158 Å². The highest BCUT2D eigenvalue weighted by atomic mass is 16.5. The first kappa shape index (κ1) is 17.3. The zero-order chi connectivity index (χ0) is 18.8. The molecule has 138 valence electrons. The number of likely N-dealkylation sites (N-methyl/N-ethyl adjacent to an activating group) is 1. The van der Waals surface area contributed by atoms with Crippen LogP contribution in [-0.2, 0) is 0 Å². The van der Waals surface area contributed by atoms with Crippen molar-refractivity contribution in [2.24, 2.45) is 0 Å². The van der Waals surface area contributed by atoms with Crippen molar-refractivity contribution in [3.63, 3.8) is 0 Å². The third kappa shape index (κ3) is 3.31. The third-order valence-corrected chi connectivity index (χ3v) is 4.60. The standard InChI is InChI=1S/C21H23N5O/c1-25(2)13-12-22-20-17-6-4-5-7-19(17)26-21(24-20)18(14-23-26)15-8-10-16(27-3)11-9-15/h4-11,14H,12-13H2,1-3H3,(H,22,24). The van der Waals surface area contributed by atoms with Crippen LogP contribution in [0.25, 0.3) is 27.7 Å². The van der Waals surface area contributed by atoms with Crippen molar-refractivity contribution in [2.75, 3.05) is 39.6 Å². The number of hydrogen-bond acceptors (Lipinski definition) is 5. The molecule has 6 nitrogen and oxygen atoms in total. The summed E-state index contributed by atoms with van der Waals surface area (Å²) >= 11 is 0. The molecule has 6 heteroatoms. The van der Waals surface area contributed by atoms with Gasteiger partial charge in [0.05, 0.1) is 18.8 Å². The topological polar surface area (TPSA) is 54.7 Å². The minimum absolute atomic E-state index is 0.826. The Kier molecular flexibility index (Phi) is 4.64. The number of hydrogen-bond donors (Lipinski definition) is 1. The van der Waals surface area contributed by atoms with Gasteiger partial charge < -0.3 is 15.0 Å². The molecule has 0 radical (unpaired) electrons. The smallest absolute Gasteiger partial charge is 0.165 e. The number of ether oxygens (including phenoxy) is 1. The van der Waals surface area contributed by atoms with E-state index in [9.17, 15) is 0 Å². The Balaban J connectivity index is 1.83. The predicted octanol–water partition coefficient (Wildman–Crippen LogP) is 3.53. The van der Waals surface area contributed by atoms with Crippen LogP contribution in [0.1, 0.15) is 0 Å². The van der Waals surface area contributed by atoms with Crippen LogP contribution in [-0.4, -0.2) is 53.8 Å². The van der Waals surface area contributed by atoms with Gasteiger partial charge in [0.2, 0.25) is 0 Å². The Morgan fingerprint density at radius 1 is 1.07 bits per heavy atom. The van der Waals surface area contributed by atoms with Gasteiger partial charge in [-0.3, -0.25) is 0 Å². The van der Waals surface area contributed by atoms with Crippen LogP contribution in [0.3, 0.4) is 0 Å². The average molecular weight is 361 g/mol. The fourth-order valence-corrected chi connectivity index (χ4v) is 3.16. The number of benzene rings is 2. The zero-order valence-electron chi connectivity index (χ0n) is 15.8. The summed E-state index contributed by atoms with van der Waals surface area (Å²) in [4.78, 5) is 7.07. The molecular formula is C21H23N5O. The van der Waals surface area contributed by atoms with Crippen molar-refractivity contribution in [1.29, 1.82) is 0 Å². The van der Waals surface area contributed by atoms with E-state index < -0.39 is 0 Å². The highest BCUT2D eigenvalue weighted by molar-refractivity contribution is 5.93. The summed E-state index contributed by atoms with van der Waals surface area (Å²) in [6.45, 7) is 1.76. The molecule has 27 heavy (non-hydrogen) atoms. The SMILES string of the molecule is COc1ccc(-c2cnn3c2nc(NCCN(C)C)c2ccccc23)cc1. The van der Waals surface area contributed by atoms with E-state index in [1.54, 1.807) is 7.11 Å². The molecule has 0 aliphatic heterocycles. The number of rotatable bonds is 6. The monoisotopic (exact) mass is 361 g/mol. The van der Waals surface area contributed by atoms with E-state index in [0.29, 0.717) is 0 Å². The summed E-state index contributed by atoms with van der Waals surface area (Å²) in [6.07, 6.45) is 1.88. The highest BCUT2D eigenvalue weighted by Gasteiger charge is 2.14. The maximum Gasteiger partial charge on any atom is 0.165 e. The van der Waals surface area contributed by atoms with Gasteiger partial charge in [-0.25, -0.2) is 9.50 Å². The first-order chi connectivity index (χ1) is 13.2. The predicted molar refractivity (Wildman–Crippen MR) is 110 cm³/mol. The number of methoxy groups -OCH3 is 1. The van der Waals surface area contributed by atoms with Gasteiger partial charge in [-0.2, -0.15) is 5.10 Å². The van der Waals surface area contributed by atoms with Crippen LogP contribution in [0.4, 0.5) is 5.82 Å². The summed E-state index contributed by atoms with van der Waals surface area (Å²) < 4.78 is 7.17. The molecule has 1 N–H and O–H groups in total. The number of fused-ring (bicyclic) bond motifs is 3. The largest absolute Gasteiger partial charge is 0.497 e. The van der Waals surface area contributed by atoms with E-state index in [0.717, 1.165) is 52.3 Å². The lowest BCUT2D eigenvalue weighted by Crippen LogP contribution is -2.21. The summed E-state index contributed by atoms with van der Waals surface area (Å²) in [5, 5.41) is 9.15. The maximum absolute atomic E-state index is 5.26. The normalized spacial score (nSPS) is 11.4. The minimum atomic E-state index is 0.826. The molecule has 0 saturated heterocycles. The average Bonchev–Trinajstić information content (AvgIpc) is 3.12. The molecule has 2 aromatic heterocycles. The van der Waals surface area contributed by atoms with Crippen LogP contribution in [0.5, 0.6) is 5.75 Å². The molecule has 2 aromatic carbocycles. The number of nitrogens with zero attached hydrogens (tertiary/aromatic N) is 4. The van der Waals surface area contributed by atoms with Gasteiger partial charge in [-0.1, -0.05) is 24.3 Å². The van der Waals surface area contributed by atoms with Crippen molar-refractivity contribution >= 4 is 22.4 Å². The fraction of sp³-hybridized carbons (Fsp3) is 0.238. The second-order valence-corrected chi connectivity index (χ2v) is 6.73. The van der Waals surface area contributed by atoms with Gasteiger partial charge in [0.1, 0.15) is 11.6 Å². The summed E-state index contributed by atoms with van der Waals surface area (Å²) in [6, 6.07) is 16.2. The molecule has 0 unspecified atom stereocenters. The van der Waals surface area contributed by atoms with Crippen molar-refractivity contribution in [2.45, 2.75) is 0 Å². The van der Waals surface area contributed by atoms with Crippen molar-refractivity contribution < 1.29 is 4.74 Å². The molecular weight excluding hydrogens is 338 g/mol. The van der Waals surface area contributed by atoms with Gasteiger partial charge in [0.25, 0.3) is 0 Å². The van der Waals surface area contributed by atoms with Crippen LogP contribution in [0.15, 0.2) is 54.7 Å². The lowest BCUT2D eigenvalue weighted by molar-refractivity contribution is 0.415. The lowest BCUT2D eigenvalue weighted by atomic mass is 10.1. The van der Waals surface area contributed by atoms with Crippen molar-refractivity contribution in [3.8, 4) is 16.9 Å². The van der Waals surface area contributed by atoms with Crippen LogP contribution in [0, 0.1) is 0 Å². The number of para-hydroxylation sites is 1. The van der Waals surface area contributed by atoms with Gasteiger partial charge in [0, 0.05) is 24.0 Å². The molecule has 0 atom stereocenters. The molecule has 2 heterocycles. The summed E-state index contributed by atoms with van der Waals surface area (Å²) in [5.74, 6) is 1.72. The van der Waals surface area contributed by atoms with Crippen molar-refractivity contribution in [3.05, 3.63) is 54.7 Å². The third-order valence-electron chi connectivity index (χ3n) is 4.60. The van der Waals surface area contributed by atoms with Crippen molar-refractivity contribution in [1.82, 2.24) is 19.5 Å². The number of aromatic nitrogens is 3. The second kappa shape index (κ2) is 7.25. The first-order valence-electron chi connectivity index (χ1n) is 8.97. The molecule has 4 rings (SSSR count). The van der Waals surface area contributed by atoms with E-state index >= 15 is 0 Å². The Bertz CT molecular complexity index is 1070. The quantitative estimate of drug-likeness (QED) is 0.569. The van der Waals surface area contributed by atoms with Crippen LogP contribution >= 0.6 is 0 Å². The Morgan fingerprint density at radius 3 is 2.59 bits per heavy atom. The second-order valence-electron chi connectivity index (χ2n) is 6.73. The van der Waals surface area contributed by atoms with E-state index in [1.807, 2.05) is 47.1 Å². The molecule has 0 amide bonds. The van der Waals surface area contributed by atoms with Gasteiger partial charge in [-0.15, -0.1) is 0 Å². The molecule has 0 aliphatic carbocycles. The molecule has 0 bridgehead atoms.